The molecule has 0 radical (unpaired) electrons. The summed E-state index contributed by atoms with van der Waals surface area (Å²) in [6.45, 7) is 1.81. The van der Waals surface area contributed by atoms with E-state index in [2.05, 4.69) is 26.0 Å². The molecule has 0 amide bonds. The molecule has 0 saturated heterocycles. The number of rotatable bonds is 7. The fourth-order valence-corrected chi connectivity index (χ4v) is 5.55. The smallest absolute Gasteiger partial charge is 0.416 e. The average Bonchev–Trinajstić information content (AvgIpc) is 3.43. The fourth-order valence-electron chi connectivity index (χ4n) is 3.90. The van der Waals surface area contributed by atoms with Crippen molar-refractivity contribution in [2.45, 2.75) is 30.3 Å². The molecule has 1 unspecified atom stereocenters. The summed E-state index contributed by atoms with van der Waals surface area (Å²) < 4.78 is 60.8. The van der Waals surface area contributed by atoms with Crippen LogP contribution in [0.4, 0.5) is 13.2 Å². The van der Waals surface area contributed by atoms with Crippen LogP contribution in [-0.2, 0) is 41.4 Å². The van der Waals surface area contributed by atoms with Crippen LogP contribution in [0, 0.1) is 0 Å². The number of carbonyl (C=O) groups excluding carboxylic acids is 1. The van der Waals surface area contributed by atoms with Gasteiger partial charge in [0.05, 0.1) is 40.0 Å². The number of hydrogen-bond donors (Lipinski definition) is 1. The summed E-state index contributed by atoms with van der Waals surface area (Å²) in [5, 5.41) is 15.3. The van der Waals surface area contributed by atoms with Crippen LogP contribution in [0.15, 0.2) is 52.4 Å². The third kappa shape index (κ3) is 4.95. The number of esters is 1. The summed E-state index contributed by atoms with van der Waals surface area (Å²) in [4.78, 5) is 17.2. The van der Waals surface area contributed by atoms with Gasteiger partial charge < -0.3 is 19.0 Å². The van der Waals surface area contributed by atoms with E-state index >= 15 is 0 Å². The van der Waals surface area contributed by atoms with Crippen molar-refractivity contribution >= 4 is 44.0 Å². The van der Waals surface area contributed by atoms with Gasteiger partial charge in [-0.2, -0.15) is 18.3 Å². The number of nitrogens with zero attached hydrogens (tertiary/aromatic N) is 4. The first-order valence-corrected chi connectivity index (χ1v) is 12.7. The molecule has 2 heterocycles. The number of ether oxygens (including phenoxy) is 1. The molecular weight excluding hydrogens is 565 g/mol. The lowest BCUT2D eigenvalue weighted by Crippen LogP contribution is -2.14. The highest BCUT2D eigenvalue weighted by atomic mass is 79.9. The van der Waals surface area contributed by atoms with Crippen molar-refractivity contribution < 1.29 is 32.4 Å². The lowest BCUT2D eigenvalue weighted by Gasteiger charge is -2.14. The van der Waals surface area contributed by atoms with E-state index in [1.165, 1.54) is 17.3 Å². The Morgan fingerprint density at radius 2 is 1.97 bits per heavy atom. The van der Waals surface area contributed by atoms with Crippen LogP contribution in [0.5, 0.6) is 5.75 Å². The van der Waals surface area contributed by atoms with Gasteiger partial charge in [0, 0.05) is 18.0 Å². The molecule has 0 bridgehead atoms. The van der Waals surface area contributed by atoms with Gasteiger partial charge in [-0.15, -0.1) is 0 Å². The summed E-state index contributed by atoms with van der Waals surface area (Å²) in [5.74, 6) is -0.958. The number of fused-ring (bicyclic) bond motifs is 1. The Balaban J connectivity index is 1.85. The van der Waals surface area contributed by atoms with Crippen LogP contribution in [0.2, 0.25) is 0 Å². The zero-order valence-electron chi connectivity index (χ0n) is 19.0. The average molecular weight is 585 g/mol. The highest BCUT2D eigenvalue weighted by molar-refractivity contribution is 9.10. The molecule has 0 saturated carbocycles. The van der Waals surface area contributed by atoms with Gasteiger partial charge in [0.1, 0.15) is 18.4 Å². The van der Waals surface area contributed by atoms with E-state index in [1.807, 2.05) is 0 Å². The van der Waals surface area contributed by atoms with Crippen LogP contribution >= 0.6 is 15.9 Å². The maximum absolute atomic E-state index is 13.2. The van der Waals surface area contributed by atoms with E-state index in [4.69, 9.17) is 4.74 Å². The van der Waals surface area contributed by atoms with E-state index in [0.29, 0.717) is 26.6 Å². The maximum Gasteiger partial charge on any atom is 0.416 e. The molecule has 1 N–H and O–H groups in total. The van der Waals surface area contributed by atoms with Gasteiger partial charge in [0.15, 0.2) is 10.6 Å². The molecule has 4 rings (SSSR count). The molecule has 8 nitrogen and oxygen atoms in total. The van der Waals surface area contributed by atoms with Crippen molar-refractivity contribution in [2.24, 2.45) is 7.05 Å². The number of alkyl halides is 3. The second-order valence-corrected chi connectivity index (χ2v) is 10.1. The van der Waals surface area contributed by atoms with Crippen molar-refractivity contribution in [3.63, 3.8) is 0 Å². The van der Waals surface area contributed by atoms with Gasteiger partial charge >= 0.3 is 12.1 Å². The quantitative estimate of drug-likeness (QED) is 0.247. The molecule has 0 aliphatic heterocycles. The molecule has 13 heteroatoms. The van der Waals surface area contributed by atoms with Crippen molar-refractivity contribution in [2.75, 3.05) is 6.61 Å². The molecule has 2 aromatic carbocycles. The first kappa shape index (κ1) is 26.0. The van der Waals surface area contributed by atoms with Crippen LogP contribution in [-0.4, -0.2) is 41.6 Å². The predicted octanol–water partition coefficient (Wildman–Crippen LogP) is 4.79. The summed E-state index contributed by atoms with van der Waals surface area (Å²) in [6.07, 6.45) is -1.72. The zero-order valence-corrected chi connectivity index (χ0v) is 21.4. The molecule has 4 aromatic rings. The van der Waals surface area contributed by atoms with E-state index in [0.717, 1.165) is 24.3 Å². The summed E-state index contributed by atoms with van der Waals surface area (Å²) in [5.41, 5.74) is 0.539. The first-order chi connectivity index (χ1) is 17.0. The summed E-state index contributed by atoms with van der Waals surface area (Å²) in [7, 11) is 1.67. The van der Waals surface area contributed by atoms with Crippen molar-refractivity contribution in [1.29, 1.82) is 0 Å². The second kappa shape index (κ2) is 10.1. The lowest BCUT2D eigenvalue weighted by atomic mass is 10.0. The standard InChI is InChI=1S/C23H20BrF3N4O4S/c1-3-35-22(33)20-18(10-36(34)14-6-4-13(5-7-14)23(25,26)27)30(2)17-8-16(24)21(32)15(19(17)20)9-31-12-28-11-29-31/h4-8,11-12,32H,3,9-10H2,1-2H3. The number of hydrogen-bond acceptors (Lipinski definition) is 6. The molecule has 0 fully saturated rings. The summed E-state index contributed by atoms with van der Waals surface area (Å²) in [6, 6.07) is 5.68. The second-order valence-electron chi connectivity index (χ2n) is 7.79. The minimum atomic E-state index is -4.51. The van der Waals surface area contributed by atoms with Gasteiger partial charge in [-0.3, -0.25) is 0 Å². The van der Waals surface area contributed by atoms with E-state index in [1.54, 1.807) is 24.6 Å². The molecule has 190 valence electrons. The van der Waals surface area contributed by atoms with E-state index < -0.39 is 28.9 Å². The van der Waals surface area contributed by atoms with Gasteiger partial charge in [-0.1, -0.05) is 0 Å². The zero-order chi connectivity index (χ0) is 26.2. The molecular formula is C23H20BrF3N4O4S. The largest absolute Gasteiger partial charge is 0.611 e. The molecule has 0 aliphatic carbocycles. The van der Waals surface area contributed by atoms with Crippen LogP contribution in [0.25, 0.3) is 10.9 Å². The summed E-state index contributed by atoms with van der Waals surface area (Å²) >= 11 is 1.56. The van der Waals surface area contributed by atoms with Crippen LogP contribution in [0.1, 0.15) is 34.1 Å². The molecule has 36 heavy (non-hydrogen) atoms. The number of aromatic hydroxyl groups is 1. The van der Waals surface area contributed by atoms with Gasteiger partial charge in [0.2, 0.25) is 0 Å². The number of benzene rings is 2. The monoisotopic (exact) mass is 584 g/mol. The minimum Gasteiger partial charge on any atom is -0.611 e. The normalized spacial score (nSPS) is 12.8. The van der Waals surface area contributed by atoms with Gasteiger partial charge in [0.25, 0.3) is 0 Å². The Labute approximate surface area is 215 Å². The molecule has 2 aromatic heterocycles. The molecule has 0 aliphatic rings. The number of aryl methyl sites for hydroxylation is 1. The number of halogens is 4. The third-order valence-corrected chi connectivity index (χ3v) is 7.55. The fraction of sp³-hybridized carbons (Fsp3) is 0.261. The van der Waals surface area contributed by atoms with Crippen LogP contribution < -0.4 is 0 Å². The van der Waals surface area contributed by atoms with E-state index in [-0.39, 0.29) is 35.1 Å². The Morgan fingerprint density at radius 1 is 1.28 bits per heavy atom. The van der Waals surface area contributed by atoms with Crippen molar-refractivity contribution in [1.82, 2.24) is 19.3 Å². The Kier molecular flexibility index (Phi) is 7.34. The topological polar surface area (TPSA) is 105 Å². The minimum absolute atomic E-state index is 0.0809. The number of phenols is 1. The van der Waals surface area contributed by atoms with Crippen LogP contribution in [0.3, 0.4) is 0 Å². The Morgan fingerprint density at radius 3 is 2.56 bits per heavy atom. The molecule has 0 spiro atoms. The number of carbonyl (C=O) groups is 1. The van der Waals surface area contributed by atoms with Crippen molar-refractivity contribution in [3.05, 3.63) is 69.8 Å². The highest BCUT2D eigenvalue weighted by Gasteiger charge is 2.32. The Bertz CT molecular complexity index is 1410. The third-order valence-electron chi connectivity index (χ3n) is 5.62. The SMILES string of the molecule is CCOC(=O)c1c(C[S+]([O-])c2ccc(C(F)(F)F)cc2)n(C)c2cc(Br)c(O)c(Cn3cncn3)c12. The molecule has 1 atom stereocenters. The lowest BCUT2D eigenvalue weighted by molar-refractivity contribution is -0.137. The predicted molar refractivity (Wildman–Crippen MR) is 129 cm³/mol. The number of phenolic OH excluding ortho intramolecular Hbond substituents is 1. The number of aromatic nitrogens is 4. The van der Waals surface area contributed by atoms with E-state index in [9.17, 15) is 27.6 Å². The Hall–Kier alpha value is -3.03. The van der Waals surface area contributed by atoms with Gasteiger partial charge in [-0.05, 0) is 64.4 Å². The van der Waals surface area contributed by atoms with Crippen molar-refractivity contribution in [3.8, 4) is 5.75 Å². The van der Waals surface area contributed by atoms with Gasteiger partial charge in [-0.25, -0.2) is 14.5 Å². The highest BCUT2D eigenvalue weighted by Crippen LogP contribution is 2.40. The maximum atomic E-state index is 13.2. The first-order valence-electron chi connectivity index (χ1n) is 10.6.